The first kappa shape index (κ1) is 17.3. The summed E-state index contributed by atoms with van der Waals surface area (Å²) in [5, 5.41) is 0. The summed E-state index contributed by atoms with van der Waals surface area (Å²) in [5.41, 5.74) is 4.47. The van der Waals surface area contributed by atoms with Crippen LogP contribution in [0.3, 0.4) is 0 Å². The summed E-state index contributed by atoms with van der Waals surface area (Å²) in [6.45, 7) is 3.50. The fourth-order valence-electron chi connectivity index (χ4n) is 0.451. The van der Waals surface area contributed by atoms with Crippen molar-refractivity contribution in [3.05, 3.63) is 0 Å². The summed E-state index contributed by atoms with van der Waals surface area (Å²) >= 11 is 0. The topological polar surface area (TPSA) is 57.1 Å². The molecule has 3 nitrogen and oxygen atoms in total. The van der Waals surface area contributed by atoms with E-state index in [9.17, 15) is 4.79 Å². The van der Waals surface area contributed by atoms with Crippen LogP contribution in [0.1, 0.15) is 40.5 Å². The van der Waals surface area contributed by atoms with Crippen molar-refractivity contribution in [1.29, 1.82) is 0 Å². The van der Waals surface area contributed by atoms with Gasteiger partial charge in [-0.2, -0.15) is 0 Å². The molecule has 3 N–H and O–H groups in total. The quantitative estimate of drug-likeness (QED) is 0.275. The minimum atomic E-state index is -0.333. The normalized spacial score (nSPS) is 8.25. The van der Waals surface area contributed by atoms with Gasteiger partial charge in [-0.15, -0.1) is 0 Å². The standard InChI is InChI=1S/C6H13N.C2H5NO.CH4/c1-3-4-5-6-7-2;1-2(3)4;/h6H,3-5H2,1-2H3;1H3,(H2,3,4);1H4/p+1/i1+1,2+1;2+1,3+1;1+1. The van der Waals surface area contributed by atoms with Crippen molar-refractivity contribution in [2.75, 3.05) is 7.05 Å². The van der Waals surface area contributed by atoms with Gasteiger partial charge in [0, 0.05) is 13.3 Å². The molecule has 0 heterocycles. The van der Waals surface area contributed by atoms with E-state index >= 15 is 0 Å². The molecule has 0 atom stereocenters. The van der Waals surface area contributed by atoms with Gasteiger partial charge in [-0.3, -0.25) is 9.79 Å². The number of carbonyl (C=O) groups excluding carboxylic acids is 1. The van der Waals surface area contributed by atoms with E-state index in [2.05, 4.69) is 23.9 Å². The first-order valence-corrected chi connectivity index (χ1v) is 3.90. The van der Waals surface area contributed by atoms with Crippen molar-refractivity contribution in [3.8, 4) is 0 Å². The van der Waals surface area contributed by atoms with E-state index in [0.29, 0.717) is 0 Å². The van der Waals surface area contributed by atoms with Gasteiger partial charge < -0.3 is 5.73 Å². The van der Waals surface area contributed by atoms with Crippen LogP contribution in [0, 0.1) is 0 Å². The molecule has 0 aliphatic rings. The highest BCUT2D eigenvalue weighted by molar-refractivity contribution is 5.70. The Balaban J connectivity index is -0.000000142. The highest BCUT2D eigenvalue weighted by atomic mass is 16.2. The Kier molecular flexibility index (Phi) is 23.9. The number of primary amides is 1. The number of amides is 1. The molecule has 12 heavy (non-hydrogen) atoms. The SMILES string of the molecule is C[13C]([15NH2])=O.[13CH3]CCCC=[NH+][13CH3].[13CH4]. The maximum Gasteiger partial charge on any atom is 0.214 e. The van der Waals surface area contributed by atoms with Crippen LogP contribution in [0.25, 0.3) is 0 Å². The van der Waals surface area contributed by atoms with E-state index in [1.807, 2.05) is 7.05 Å². The summed E-state index contributed by atoms with van der Waals surface area (Å²) < 4.78 is 0. The first-order valence-electron chi connectivity index (χ1n) is 3.90. The van der Waals surface area contributed by atoms with Gasteiger partial charge in [0.15, 0.2) is 0 Å². The second-order valence-corrected chi connectivity index (χ2v) is 2.25. The lowest BCUT2D eigenvalue weighted by atomic mass is 10.3. The van der Waals surface area contributed by atoms with Crippen LogP contribution in [0.4, 0.5) is 0 Å². The lowest BCUT2D eigenvalue weighted by Crippen LogP contribution is -2.62. The van der Waals surface area contributed by atoms with Crippen molar-refractivity contribution < 1.29 is 9.79 Å². The molecule has 0 radical (unpaired) electrons. The van der Waals surface area contributed by atoms with E-state index in [0.717, 1.165) is 0 Å². The number of hydrogen-bond acceptors (Lipinski definition) is 1. The Morgan fingerprint density at radius 2 is 2.00 bits per heavy atom. The molecule has 0 bridgehead atoms. The van der Waals surface area contributed by atoms with Gasteiger partial charge in [0.05, 0.1) is 0 Å². The van der Waals surface area contributed by atoms with Crippen molar-refractivity contribution in [3.63, 3.8) is 0 Å². The zero-order valence-corrected chi connectivity index (χ0v) is 7.68. The van der Waals surface area contributed by atoms with Crippen molar-refractivity contribution >= 4 is 12.1 Å². The summed E-state index contributed by atoms with van der Waals surface area (Å²) in [7, 11) is 1.94. The highest BCUT2D eigenvalue weighted by Crippen LogP contribution is 1.86. The Morgan fingerprint density at radius 1 is 1.58 bits per heavy atom. The van der Waals surface area contributed by atoms with Gasteiger partial charge in [-0.1, -0.05) is 20.8 Å². The van der Waals surface area contributed by atoms with E-state index in [1.54, 1.807) is 0 Å². The van der Waals surface area contributed by atoms with Gasteiger partial charge in [0.25, 0.3) is 0 Å². The monoisotopic (exact) mass is 180 g/mol. The van der Waals surface area contributed by atoms with Crippen LogP contribution in [0.5, 0.6) is 0 Å². The van der Waals surface area contributed by atoms with Gasteiger partial charge >= 0.3 is 0 Å². The number of nitrogens with one attached hydrogen (secondary N) is 1. The van der Waals surface area contributed by atoms with Gasteiger partial charge in [-0.05, 0) is 6.42 Å². The number of unbranched alkanes of at least 4 members (excludes halogenated alkanes) is 2. The number of rotatable bonds is 3. The van der Waals surface area contributed by atoms with Crippen LogP contribution in [-0.4, -0.2) is 19.2 Å². The molecule has 0 aromatic rings. The molecular weight excluding hydrogens is 157 g/mol. The number of hydrogen-bond donors (Lipinski definition) is 2. The molecule has 74 valence electrons. The third-order valence-corrected chi connectivity index (χ3v) is 0.906. The van der Waals surface area contributed by atoms with Gasteiger partial charge in [0.1, 0.15) is 13.3 Å². The lowest BCUT2D eigenvalue weighted by Gasteiger charge is -1.79. The molecule has 0 aromatic heterocycles. The highest BCUT2D eigenvalue weighted by Gasteiger charge is 1.77. The third kappa shape index (κ3) is 61.4. The average molecular weight is 180 g/mol. The van der Waals surface area contributed by atoms with Gasteiger partial charge in [-0.25, -0.2) is 0 Å². The Hall–Kier alpha value is -0.860. The molecule has 0 rings (SSSR count). The molecule has 0 saturated heterocycles. The Bertz CT molecular complexity index is 107. The van der Waals surface area contributed by atoms with Crippen LogP contribution >= 0.6 is 0 Å². The van der Waals surface area contributed by atoms with E-state index in [1.165, 1.54) is 26.2 Å². The average Bonchev–Trinajstić information content (AvgIpc) is 1.88. The smallest absolute Gasteiger partial charge is 0.214 e. The summed E-state index contributed by atoms with van der Waals surface area (Å²) in [4.78, 5) is 12.2. The van der Waals surface area contributed by atoms with Crippen LogP contribution < -0.4 is 10.7 Å². The molecule has 0 aliphatic carbocycles. The third-order valence-electron chi connectivity index (χ3n) is 0.906. The molecule has 0 aromatic carbocycles. The van der Waals surface area contributed by atoms with Crippen molar-refractivity contribution in [1.82, 2.24) is 0 Å². The minimum absolute atomic E-state index is 0. The minimum Gasteiger partial charge on any atom is -0.370 e. The number of nitrogens with two attached hydrogens (primary N) is 1. The maximum absolute atomic E-state index is 9.22. The zero-order valence-electron chi connectivity index (χ0n) is 7.68. The molecule has 0 unspecified atom stereocenters. The fraction of sp³-hybridized carbons (Fsp3) is 0.778. The second kappa shape index (κ2) is 16.6. The molecule has 0 saturated carbocycles. The molecule has 3 heteroatoms. The van der Waals surface area contributed by atoms with E-state index in [-0.39, 0.29) is 13.3 Å². The van der Waals surface area contributed by atoms with Crippen molar-refractivity contribution in [2.24, 2.45) is 5.73 Å². The maximum atomic E-state index is 9.22. The Morgan fingerprint density at radius 3 is 2.25 bits per heavy atom. The Labute approximate surface area is 76.1 Å². The molecule has 0 spiro atoms. The van der Waals surface area contributed by atoms with Crippen molar-refractivity contribution in [2.45, 2.75) is 40.5 Å². The van der Waals surface area contributed by atoms with E-state index < -0.39 is 0 Å². The van der Waals surface area contributed by atoms with Crippen LogP contribution in [-0.2, 0) is 4.79 Å². The predicted octanol–water partition coefficient (Wildman–Crippen LogP) is 0.0855. The largest absolute Gasteiger partial charge is 0.370 e. The lowest BCUT2D eigenvalue weighted by molar-refractivity contribution is -0.415. The zero-order chi connectivity index (χ0) is 9.11. The summed E-state index contributed by atoms with van der Waals surface area (Å²) in [6.07, 6.45) is 5.88. The van der Waals surface area contributed by atoms with Crippen LogP contribution in [0.2, 0.25) is 0 Å². The van der Waals surface area contributed by atoms with E-state index in [4.69, 9.17) is 0 Å². The predicted molar refractivity (Wildman–Crippen MR) is 54.1 cm³/mol. The second-order valence-electron chi connectivity index (χ2n) is 2.25. The molecule has 0 fully saturated rings. The fourth-order valence-corrected chi connectivity index (χ4v) is 0.451. The van der Waals surface area contributed by atoms with Crippen LogP contribution in [0.15, 0.2) is 0 Å². The molecule has 1 amide bonds. The van der Waals surface area contributed by atoms with Gasteiger partial charge in [0.2, 0.25) is 5.91 Å². The number of carbonyl (C=O) groups is 1. The molecule has 0 aliphatic heterocycles. The molecular formula is C9H23N2O+. The summed E-state index contributed by atoms with van der Waals surface area (Å²) in [5.74, 6) is -0.333. The first-order chi connectivity index (χ1) is 5.15. The summed E-state index contributed by atoms with van der Waals surface area (Å²) in [6, 6.07) is 0.